The molecule has 1 aliphatic rings. The third-order valence-electron chi connectivity index (χ3n) is 5.97. The molecule has 162 valence electrons. The number of aromatic nitrogens is 3. The minimum atomic E-state index is 0.305. The Hall–Kier alpha value is -3.66. The van der Waals surface area contributed by atoms with Crippen molar-refractivity contribution in [3.8, 4) is 11.8 Å². The topological polar surface area (TPSA) is 54.8 Å². The molecule has 0 aliphatic carbocycles. The maximum absolute atomic E-state index is 4.52. The van der Waals surface area contributed by atoms with Crippen LogP contribution in [0.4, 0.5) is 11.5 Å². The minimum Gasteiger partial charge on any atom is -0.343 e. The number of nitrogens with one attached hydrogen (secondary N) is 2. The van der Waals surface area contributed by atoms with Crippen molar-refractivity contribution < 1.29 is 0 Å². The zero-order chi connectivity index (χ0) is 22.0. The van der Waals surface area contributed by atoms with Crippen molar-refractivity contribution in [2.45, 2.75) is 25.4 Å². The van der Waals surface area contributed by atoms with Gasteiger partial charge in [-0.2, -0.15) is 0 Å². The Bertz CT molecular complexity index is 1480. The number of fused-ring (bicyclic) bond motifs is 2. The molecule has 3 aromatic heterocycles. The molecule has 0 spiro atoms. The smallest absolute Gasteiger partial charge is 0.151 e. The molecule has 0 bridgehead atoms. The Balaban J connectivity index is 1.26. The summed E-state index contributed by atoms with van der Waals surface area (Å²) in [5.74, 6) is 7.49. The summed E-state index contributed by atoms with van der Waals surface area (Å²) in [6.45, 7) is 1.92. The van der Waals surface area contributed by atoms with Crippen molar-refractivity contribution in [2.75, 3.05) is 11.9 Å². The van der Waals surface area contributed by atoms with Gasteiger partial charge in [-0.05, 0) is 55.3 Å². The van der Waals surface area contributed by atoms with E-state index < -0.39 is 0 Å². The fourth-order valence-corrected chi connectivity index (χ4v) is 5.22. The normalized spacial score (nSPS) is 15.6. The SMILES string of the molecule is C(#C[C@H]1CCCN1)c1cc2ncnc(Nc3ccc4c(ccn4Cc4ccccc4)c3)c2s1. The first kappa shape index (κ1) is 20.0. The molecular formula is C27H23N5S. The van der Waals surface area contributed by atoms with E-state index in [1.807, 2.05) is 0 Å². The molecule has 5 aromatic rings. The van der Waals surface area contributed by atoms with Crippen molar-refractivity contribution in [2.24, 2.45) is 0 Å². The molecule has 0 saturated carbocycles. The van der Waals surface area contributed by atoms with Gasteiger partial charge in [0, 0.05) is 29.3 Å². The van der Waals surface area contributed by atoms with Crippen LogP contribution in [-0.2, 0) is 6.54 Å². The maximum Gasteiger partial charge on any atom is 0.151 e. The predicted molar refractivity (Wildman–Crippen MR) is 136 cm³/mol. The summed E-state index contributed by atoms with van der Waals surface area (Å²) >= 11 is 1.64. The second kappa shape index (κ2) is 8.70. The van der Waals surface area contributed by atoms with Crippen LogP contribution in [0.3, 0.4) is 0 Å². The summed E-state index contributed by atoms with van der Waals surface area (Å²) in [5.41, 5.74) is 4.44. The molecule has 0 amide bonds. The molecule has 1 fully saturated rings. The predicted octanol–water partition coefficient (Wildman–Crippen LogP) is 5.54. The number of benzene rings is 2. The fraction of sp³-hybridized carbons (Fsp3) is 0.185. The molecular weight excluding hydrogens is 426 g/mol. The first-order valence-electron chi connectivity index (χ1n) is 11.2. The Morgan fingerprint density at radius 2 is 2.03 bits per heavy atom. The van der Waals surface area contributed by atoms with Gasteiger partial charge in [-0.1, -0.05) is 42.2 Å². The lowest BCUT2D eigenvalue weighted by atomic mass is 10.2. The van der Waals surface area contributed by atoms with Crippen LogP contribution in [-0.4, -0.2) is 27.1 Å². The molecule has 0 unspecified atom stereocenters. The van der Waals surface area contributed by atoms with E-state index in [0.29, 0.717) is 6.04 Å². The highest BCUT2D eigenvalue weighted by Crippen LogP contribution is 2.31. The average molecular weight is 450 g/mol. The molecule has 1 aliphatic heterocycles. The third-order valence-corrected chi connectivity index (χ3v) is 7.02. The average Bonchev–Trinajstić information content (AvgIpc) is 3.59. The van der Waals surface area contributed by atoms with E-state index in [1.165, 1.54) is 22.9 Å². The molecule has 1 atom stereocenters. The van der Waals surface area contributed by atoms with Gasteiger partial charge in [0.05, 0.1) is 21.1 Å². The third kappa shape index (κ3) is 4.21. The molecule has 5 nitrogen and oxygen atoms in total. The van der Waals surface area contributed by atoms with Gasteiger partial charge in [0.1, 0.15) is 6.33 Å². The zero-order valence-corrected chi connectivity index (χ0v) is 18.9. The first-order chi connectivity index (χ1) is 16.3. The van der Waals surface area contributed by atoms with Crippen molar-refractivity contribution >= 4 is 44.0 Å². The monoisotopic (exact) mass is 449 g/mol. The van der Waals surface area contributed by atoms with E-state index in [0.717, 1.165) is 46.1 Å². The van der Waals surface area contributed by atoms with Crippen LogP contribution in [0.2, 0.25) is 0 Å². The highest BCUT2D eigenvalue weighted by atomic mass is 32.1. The van der Waals surface area contributed by atoms with Crippen LogP contribution in [0.25, 0.3) is 21.1 Å². The lowest BCUT2D eigenvalue weighted by Crippen LogP contribution is -2.18. The van der Waals surface area contributed by atoms with Gasteiger partial charge in [0.25, 0.3) is 0 Å². The van der Waals surface area contributed by atoms with Gasteiger partial charge < -0.3 is 15.2 Å². The summed E-state index contributed by atoms with van der Waals surface area (Å²) in [7, 11) is 0. The number of anilines is 2. The van der Waals surface area contributed by atoms with E-state index >= 15 is 0 Å². The van der Waals surface area contributed by atoms with Crippen molar-refractivity contribution in [3.05, 3.63) is 83.6 Å². The zero-order valence-electron chi connectivity index (χ0n) is 18.1. The highest BCUT2D eigenvalue weighted by Gasteiger charge is 2.12. The molecule has 0 radical (unpaired) electrons. The summed E-state index contributed by atoms with van der Waals surface area (Å²) in [6, 6.07) is 21.5. The van der Waals surface area contributed by atoms with Crippen LogP contribution in [0.15, 0.2) is 73.2 Å². The highest BCUT2D eigenvalue weighted by molar-refractivity contribution is 7.20. The van der Waals surface area contributed by atoms with Crippen molar-refractivity contribution in [1.29, 1.82) is 0 Å². The molecule has 6 rings (SSSR count). The van der Waals surface area contributed by atoms with Crippen LogP contribution >= 0.6 is 11.3 Å². The number of hydrogen-bond acceptors (Lipinski definition) is 5. The van der Waals surface area contributed by atoms with Gasteiger partial charge >= 0.3 is 0 Å². The van der Waals surface area contributed by atoms with Gasteiger partial charge in [0.15, 0.2) is 5.82 Å². The summed E-state index contributed by atoms with van der Waals surface area (Å²) in [4.78, 5) is 9.99. The molecule has 6 heteroatoms. The number of rotatable bonds is 4. The van der Waals surface area contributed by atoms with Crippen molar-refractivity contribution in [1.82, 2.24) is 19.9 Å². The number of hydrogen-bond donors (Lipinski definition) is 2. The molecule has 2 aromatic carbocycles. The quantitative estimate of drug-likeness (QED) is 0.354. The van der Waals surface area contributed by atoms with E-state index in [1.54, 1.807) is 17.7 Å². The lowest BCUT2D eigenvalue weighted by Gasteiger charge is -2.08. The summed E-state index contributed by atoms with van der Waals surface area (Å²) < 4.78 is 3.31. The van der Waals surface area contributed by atoms with E-state index in [-0.39, 0.29) is 0 Å². The van der Waals surface area contributed by atoms with Gasteiger partial charge in [0.2, 0.25) is 0 Å². The van der Waals surface area contributed by atoms with Gasteiger partial charge in [-0.25, -0.2) is 9.97 Å². The Labute approximate surface area is 196 Å². The fourth-order valence-electron chi connectivity index (χ4n) is 4.30. The molecule has 1 saturated heterocycles. The van der Waals surface area contributed by atoms with Crippen molar-refractivity contribution in [3.63, 3.8) is 0 Å². The molecule has 2 N–H and O–H groups in total. The maximum atomic E-state index is 4.52. The standard InChI is InChI=1S/C27H23N5S/c1-2-5-19(6-3-1)17-32-14-12-20-15-22(9-11-25(20)32)31-27-26-24(29-18-30-27)16-23(33-26)10-8-21-7-4-13-28-21/h1-3,5-6,9,11-12,14-16,18,21,28H,4,7,13,17H2,(H,29,30,31)/t21-/m1/s1. The second-order valence-electron chi connectivity index (χ2n) is 8.29. The lowest BCUT2D eigenvalue weighted by molar-refractivity contribution is 0.749. The van der Waals surface area contributed by atoms with Crippen LogP contribution in [0.5, 0.6) is 0 Å². The Morgan fingerprint density at radius 1 is 1.09 bits per heavy atom. The Morgan fingerprint density at radius 3 is 2.91 bits per heavy atom. The van der Waals surface area contributed by atoms with Crippen LogP contribution in [0, 0.1) is 11.8 Å². The summed E-state index contributed by atoms with van der Waals surface area (Å²) in [6.07, 6.45) is 6.08. The van der Waals surface area contributed by atoms with Crippen LogP contribution in [0.1, 0.15) is 23.3 Å². The molecule has 4 heterocycles. The first-order valence-corrected chi connectivity index (χ1v) is 12.0. The molecule has 33 heavy (non-hydrogen) atoms. The second-order valence-corrected chi connectivity index (χ2v) is 9.35. The Kier molecular flexibility index (Phi) is 5.27. The largest absolute Gasteiger partial charge is 0.343 e. The minimum absolute atomic E-state index is 0.305. The van der Waals surface area contributed by atoms with Gasteiger partial charge in [-0.3, -0.25) is 0 Å². The van der Waals surface area contributed by atoms with E-state index in [9.17, 15) is 0 Å². The number of thiophene rings is 1. The van der Waals surface area contributed by atoms with Gasteiger partial charge in [-0.15, -0.1) is 11.3 Å². The van der Waals surface area contributed by atoms with E-state index in [4.69, 9.17) is 0 Å². The number of nitrogens with zero attached hydrogens (tertiary/aromatic N) is 3. The summed E-state index contributed by atoms with van der Waals surface area (Å²) in [5, 5.41) is 8.12. The van der Waals surface area contributed by atoms with E-state index in [2.05, 4.69) is 104 Å². The van der Waals surface area contributed by atoms with Crippen LogP contribution < -0.4 is 10.6 Å².